The third-order valence-corrected chi connectivity index (χ3v) is 38.2. The van der Waals surface area contributed by atoms with Crippen LogP contribution in [-0.4, -0.2) is 92.2 Å². The second-order valence-corrected chi connectivity index (χ2v) is 48.3. The molecule has 0 saturated heterocycles. The number of rotatable bonds is 77. The summed E-state index contributed by atoms with van der Waals surface area (Å²) in [7, 11) is 0. The molecule has 1 aliphatic carbocycles. The maximum atomic E-state index is 16.2. The molecule has 6 nitrogen and oxygen atoms in total. The van der Waals surface area contributed by atoms with Gasteiger partial charge in [0.1, 0.15) is 0 Å². The zero-order chi connectivity index (χ0) is 82.1. The van der Waals surface area contributed by atoms with Crippen molar-refractivity contribution in [3.8, 4) is 26.3 Å². The molecule has 0 aliphatic heterocycles. The standard InChI is InChI=1S/C106H176N2O4Se2Te2/c1-9-15-21-27-33-39-43-49-55-61-71-89(69-59-53-47-37-31-25-19-13-5)73-63-65-79-107-96-85-92(106(110)108(95(96)84-91(105(107)109)98-76-75-88(8)115-98)80-66-64-74-90(70-60-54-48-38-32-26-20-14-6)72-62-56-50-44-40-34-28-22-16-10-2)99-77-78-100(116-99)97-86-94-102(112-82-68-58-52-46-42-36-30-24-18-12-4)103-93(83-87(7)113-103)101(104(94)114-97)111-81-67-57-51-45-41-35-29-23-17-11-3/h75-78,83-86,89-90,101-102H,9-74,79-82H2,1-8H3. The van der Waals surface area contributed by atoms with Gasteiger partial charge in [-0.1, -0.05) is 247 Å². The van der Waals surface area contributed by atoms with Gasteiger partial charge in [0.05, 0.1) is 0 Å². The average molecular weight is 1960 g/mol. The van der Waals surface area contributed by atoms with Crippen molar-refractivity contribution in [2.24, 2.45) is 11.8 Å². The normalized spacial score (nSPS) is 14.1. The maximum absolute atomic E-state index is 16.2. The Morgan fingerprint density at radius 3 is 0.914 bits per heavy atom. The van der Waals surface area contributed by atoms with Gasteiger partial charge >= 0.3 is 506 Å². The van der Waals surface area contributed by atoms with Crippen LogP contribution in [0.5, 0.6) is 0 Å². The van der Waals surface area contributed by atoms with Crippen molar-refractivity contribution < 1.29 is 9.47 Å². The van der Waals surface area contributed by atoms with E-state index in [1.54, 1.807) is 0 Å². The summed E-state index contributed by atoms with van der Waals surface area (Å²) in [5.41, 5.74) is 6.86. The minimum absolute atomic E-state index is 0.000724. The summed E-state index contributed by atoms with van der Waals surface area (Å²) in [6.45, 7) is 21.6. The molecule has 0 radical (unpaired) electrons. The average Bonchev–Trinajstić information content (AvgIpc) is 1.42. The fourth-order valence-electron chi connectivity index (χ4n) is 18.8. The molecule has 10 heteroatoms. The summed E-state index contributed by atoms with van der Waals surface area (Å²) in [6, 6.07) is 18.9. The summed E-state index contributed by atoms with van der Waals surface area (Å²) >= 11 is -1.32. The van der Waals surface area contributed by atoms with Crippen LogP contribution in [0.3, 0.4) is 0 Å². The van der Waals surface area contributed by atoms with Crippen LogP contribution in [0.2, 0.25) is 0 Å². The van der Waals surface area contributed by atoms with Crippen molar-refractivity contribution in [2.45, 2.75) is 504 Å². The molecular formula is C106H176N2O4Se2Te2. The van der Waals surface area contributed by atoms with Gasteiger partial charge in [0.2, 0.25) is 0 Å². The molecule has 0 saturated carbocycles. The number of unbranched alkanes of at least 4 members (excludes halogenated alkanes) is 52. The molecule has 0 bridgehead atoms. The van der Waals surface area contributed by atoms with Crippen LogP contribution in [-0.2, 0) is 22.6 Å². The van der Waals surface area contributed by atoms with E-state index in [-0.39, 0.29) is 52.3 Å². The Kier molecular flexibility index (Phi) is 57.2. The molecule has 6 heterocycles. The summed E-state index contributed by atoms with van der Waals surface area (Å²) < 4.78 is 30.4. The first-order valence-corrected chi connectivity index (χ1v) is 58.7. The number of aromatic nitrogens is 2. The topological polar surface area (TPSA) is 62.5 Å². The second-order valence-electron chi connectivity index (χ2n) is 36.5. The van der Waals surface area contributed by atoms with Crippen molar-refractivity contribution in [3.05, 3.63) is 97.3 Å². The van der Waals surface area contributed by atoms with E-state index in [0.29, 0.717) is 13.1 Å². The van der Waals surface area contributed by atoms with Crippen LogP contribution in [0.1, 0.15) is 506 Å². The Morgan fingerprint density at radius 2 is 0.586 bits per heavy atom. The van der Waals surface area contributed by atoms with E-state index in [1.807, 2.05) is 0 Å². The summed E-state index contributed by atoms with van der Waals surface area (Å²) in [4.78, 5) is 32.0. The first kappa shape index (κ1) is 102. The molecule has 0 amide bonds. The fourth-order valence-corrected chi connectivity index (χ4v) is 30.0. The number of fused-ring (bicyclic) bond motifs is 3. The predicted octanol–water partition coefficient (Wildman–Crippen LogP) is 32.6. The van der Waals surface area contributed by atoms with Gasteiger partial charge in [0.25, 0.3) is 0 Å². The molecule has 658 valence electrons. The molecule has 4 atom stereocenters. The molecular weight excluding hydrogens is 1780 g/mol. The van der Waals surface area contributed by atoms with Crippen LogP contribution >= 0.6 is 0 Å². The SMILES string of the molecule is CCCCCCCCCCCCOC1c2cc(-c3ccc(-c4cc5c(cc(-c6ccc(C)[te]6)c(=O)n5CCCCC(CCCCCCCCCC)CCCCCCCCCCCC)n(CCCCC(CCCCCCCCCC)CCCCCCCCCCCC)c4=O)[te]3)[se]c2C(OCCCCCCCCCCCC)c2cc(C)[se]c21. The summed E-state index contributed by atoms with van der Waals surface area (Å²) in [5, 5.41) is 0. The van der Waals surface area contributed by atoms with Gasteiger partial charge in [-0.25, -0.2) is 0 Å². The van der Waals surface area contributed by atoms with Gasteiger partial charge in [0, 0.05) is 0 Å². The third kappa shape index (κ3) is 39.4. The van der Waals surface area contributed by atoms with E-state index in [9.17, 15) is 0 Å². The van der Waals surface area contributed by atoms with Crippen molar-refractivity contribution in [2.75, 3.05) is 13.2 Å². The number of hydrogen-bond acceptors (Lipinski definition) is 4. The molecule has 0 N–H and O–H groups in total. The molecule has 6 aromatic rings. The monoisotopic (exact) mass is 1960 g/mol. The molecule has 1 aliphatic rings. The first-order valence-electron chi connectivity index (χ1n) is 50.6. The van der Waals surface area contributed by atoms with Crippen LogP contribution in [0, 0.1) is 25.7 Å². The van der Waals surface area contributed by atoms with E-state index in [2.05, 4.69) is 113 Å². The number of pyridine rings is 2. The Labute approximate surface area is 745 Å². The van der Waals surface area contributed by atoms with E-state index >= 15 is 9.59 Å². The van der Waals surface area contributed by atoms with Crippen molar-refractivity contribution in [1.29, 1.82) is 0 Å². The number of hydrogen-bond donors (Lipinski definition) is 0. The zero-order valence-corrected chi connectivity index (χ0v) is 84.7. The molecule has 0 aromatic carbocycles. The quantitative estimate of drug-likeness (QED) is 0.0282. The molecule has 7 rings (SSSR count). The number of aryl methyl sites for hydroxylation is 4. The predicted molar refractivity (Wildman–Crippen MR) is 514 cm³/mol. The first-order chi connectivity index (χ1) is 57.1. The van der Waals surface area contributed by atoms with Gasteiger partial charge in [-0.2, -0.15) is 0 Å². The fraction of sp³-hybridized carbons (Fsp3) is 0.774. The molecule has 116 heavy (non-hydrogen) atoms. The van der Waals surface area contributed by atoms with Gasteiger partial charge in [-0.3, -0.25) is 0 Å². The van der Waals surface area contributed by atoms with Gasteiger partial charge < -0.3 is 0 Å². The molecule has 4 unspecified atom stereocenters. The Morgan fingerprint density at radius 1 is 0.310 bits per heavy atom. The number of ether oxygens (including phenoxy) is 2. The van der Waals surface area contributed by atoms with Crippen LogP contribution in [0.4, 0.5) is 0 Å². The van der Waals surface area contributed by atoms with E-state index < -0.39 is 40.9 Å². The minimum atomic E-state index is -0.973. The second kappa shape index (κ2) is 65.2. The van der Waals surface area contributed by atoms with Crippen molar-refractivity contribution in [3.63, 3.8) is 0 Å². The Hall–Kier alpha value is -1.38. The molecule has 0 spiro atoms. The van der Waals surface area contributed by atoms with Gasteiger partial charge in [0.15, 0.2) is 0 Å². The summed E-state index contributed by atoms with van der Waals surface area (Å²) in [5.74, 6) is 1.52. The Bertz CT molecular complexity index is 3460. The third-order valence-electron chi connectivity index (χ3n) is 26.1. The van der Waals surface area contributed by atoms with Crippen molar-refractivity contribution in [1.82, 2.24) is 9.13 Å². The van der Waals surface area contributed by atoms with Crippen LogP contribution < -0.4 is 11.1 Å². The van der Waals surface area contributed by atoms with Crippen molar-refractivity contribution >= 4 is 80.9 Å². The van der Waals surface area contributed by atoms with Gasteiger partial charge in [-0.05, 0) is 0 Å². The number of nitrogens with zero attached hydrogens (tertiary/aromatic N) is 2. The zero-order valence-electron chi connectivity index (χ0n) is 76.6. The Balaban J connectivity index is 1.20. The molecule has 0 fully saturated rings. The van der Waals surface area contributed by atoms with Crippen LogP contribution in [0.15, 0.2) is 58.1 Å². The van der Waals surface area contributed by atoms with E-state index in [0.717, 1.165) is 85.7 Å². The van der Waals surface area contributed by atoms with Crippen LogP contribution in [0.25, 0.3) is 37.3 Å². The molecule has 6 aromatic heterocycles. The van der Waals surface area contributed by atoms with E-state index in [1.165, 1.54) is 428 Å². The van der Waals surface area contributed by atoms with Gasteiger partial charge in [-0.15, -0.1) is 0 Å². The summed E-state index contributed by atoms with van der Waals surface area (Å²) in [6.07, 6.45) is 88.5. The van der Waals surface area contributed by atoms with E-state index in [4.69, 9.17) is 9.47 Å².